The third kappa shape index (κ3) is 4.10. The van der Waals surface area contributed by atoms with Crippen molar-refractivity contribution in [3.05, 3.63) is 28.2 Å². The molecule has 1 aromatic carbocycles. The lowest BCUT2D eigenvalue weighted by atomic mass is 10.2. The van der Waals surface area contributed by atoms with E-state index < -0.39 is 9.84 Å². The number of hydrogen-bond donors (Lipinski definition) is 2. The van der Waals surface area contributed by atoms with Gasteiger partial charge >= 0.3 is 0 Å². The number of aliphatic hydroxyl groups is 1. The summed E-state index contributed by atoms with van der Waals surface area (Å²) in [5, 5.41) is 12.2. The summed E-state index contributed by atoms with van der Waals surface area (Å²) in [6, 6.07) is 4.00. The summed E-state index contributed by atoms with van der Waals surface area (Å²) in [5.41, 5.74) is 0. The molecule has 0 aliphatic heterocycles. The molecule has 1 aromatic rings. The quantitative estimate of drug-likeness (QED) is 0.840. The number of rotatable bonds is 6. The number of halogens is 2. The zero-order chi connectivity index (χ0) is 13.8. The molecular weight excluding hydrogens is 297 g/mol. The van der Waals surface area contributed by atoms with Crippen molar-refractivity contribution in [2.75, 3.05) is 19.4 Å². The Morgan fingerprint density at radius 3 is 2.61 bits per heavy atom. The predicted molar refractivity (Wildman–Crippen MR) is 73.1 cm³/mol. The van der Waals surface area contributed by atoms with E-state index in [9.17, 15) is 8.42 Å². The second-order valence-corrected chi connectivity index (χ2v) is 6.70. The number of hydrogen-bond acceptors (Lipinski definition) is 4. The van der Waals surface area contributed by atoms with Crippen LogP contribution < -0.4 is 5.32 Å². The molecule has 0 bridgehead atoms. The van der Waals surface area contributed by atoms with Crippen molar-refractivity contribution in [1.82, 2.24) is 5.32 Å². The summed E-state index contributed by atoms with van der Waals surface area (Å²) < 4.78 is 24.4. The van der Waals surface area contributed by atoms with Crippen molar-refractivity contribution in [1.29, 1.82) is 0 Å². The van der Waals surface area contributed by atoms with Crippen molar-refractivity contribution < 1.29 is 13.5 Å². The van der Waals surface area contributed by atoms with Crippen LogP contribution in [-0.2, 0) is 9.84 Å². The number of aliphatic hydroxyl groups excluding tert-OH is 1. The zero-order valence-electron chi connectivity index (χ0n) is 9.86. The number of sulfone groups is 1. The molecule has 0 amide bonds. The summed E-state index contributed by atoms with van der Waals surface area (Å²) in [5.74, 6) is -0.135. The van der Waals surface area contributed by atoms with Crippen LogP contribution in [0.5, 0.6) is 0 Å². The minimum absolute atomic E-state index is 0.0230. The molecule has 18 heavy (non-hydrogen) atoms. The molecule has 102 valence electrons. The van der Waals surface area contributed by atoms with E-state index in [1.165, 1.54) is 18.2 Å². The molecule has 0 saturated heterocycles. The van der Waals surface area contributed by atoms with Gasteiger partial charge in [-0.1, -0.05) is 23.2 Å². The van der Waals surface area contributed by atoms with Gasteiger partial charge in [-0.15, -0.1) is 0 Å². The second kappa shape index (κ2) is 6.73. The first kappa shape index (κ1) is 15.7. The minimum atomic E-state index is -3.54. The molecule has 0 spiro atoms. The van der Waals surface area contributed by atoms with Gasteiger partial charge in [-0.05, 0) is 31.7 Å². The monoisotopic (exact) mass is 311 g/mol. The highest BCUT2D eigenvalue weighted by atomic mass is 35.5. The molecule has 0 fully saturated rings. The smallest absolute Gasteiger partial charge is 0.181 e. The fourth-order valence-corrected chi connectivity index (χ4v) is 3.96. The molecule has 0 saturated carbocycles. The molecule has 4 nitrogen and oxygen atoms in total. The molecule has 1 atom stereocenters. The number of benzene rings is 1. The van der Waals surface area contributed by atoms with Crippen molar-refractivity contribution in [2.45, 2.75) is 17.4 Å². The van der Waals surface area contributed by atoms with E-state index in [1.54, 1.807) is 7.05 Å². The van der Waals surface area contributed by atoms with Gasteiger partial charge in [-0.2, -0.15) is 0 Å². The fraction of sp³-hybridized carbons (Fsp3) is 0.455. The Kier molecular flexibility index (Phi) is 5.88. The third-order valence-electron chi connectivity index (χ3n) is 2.53. The Morgan fingerprint density at radius 1 is 1.39 bits per heavy atom. The summed E-state index contributed by atoms with van der Waals surface area (Å²) in [6.45, 7) is -0.0791. The van der Waals surface area contributed by atoms with Crippen LogP contribution in [0.2, 0.25) is 10.0 Å². The first-order valence-electron chi connectivity index (χ1n) is 5.36. The van der Waals surface area contributed by atoms with Gasteiger partial charge in [-0.25, -0.2) is 8.42 Å². The average molecular weight is 312 g/mol. The lowest BCUT2D eigenvalue weighted by molar-refractivity contribution is 0.272. The van der Waals surface area contributed by atoms with Crippen molar-refractivity contribution in [3.8, 4) is 0 Å². The highest BCUT2D eigenvalue weighted by Crippen LogP contribution is 2.26. The van der Waals surface area contributed by atoms with E-state index in [4.69, 9.17) is 28.3 Å². The van der Waals surface area contributed by atoms with Gasteiger partial charge in [0.2, 0.25) is 0 Å². The maximum atomic E-state index is 12.2. The Balaban J connectivity index is 3.02. The highest BCUT2D eigenvalue weighted by molar-refractivity contribution is 7.91. The molecule has 1 unspecified atom stereocenters. The molecule has 0 aliphatic carbocycles. The normalized spacial score (nSPS) is 13.6. The van der Waals surface area contributed by atoms with Gasteiger partial charge in [-0.3, -0.25) is 0 Å². The first-order chi connectivity index (χ1) is 8.40. The largest absolute Gasteiger partial charge is 0.396 e. The first-order valence-corrected chi connectivity index (χ1v) is 7.77. The van der Waals surface area contributed by atoms with Crippen LogP contribution in [0.15, 0.2) is 23.1 Å². The van der Waals surface area contributed by atoms with Crippen LogP contribution >= 0.6 is 23.2 Å². The van der Waals surface area contributed by atoms with Gasteiger partial charge in [0.15, 0.2) is 9.84 Å². The van der Waals surface area contributed by atoms with Crippen molar-refractivity contribution in [3.63, 3.8) is 0 Å². The maximum Gasteiger partial charge on any atom is 0.181 e. The molecule has 2 N–H and O–H groups in total. The van der Waals surface area contributed by atoms with Crippen LogP contribution in [0.25, 0.3) is 0 Å². The van der Waals surface area contributed by atoms with E-state index in [0.29, 0.717) is 11.4 Å². The Hall–Kier alpha value is -0.330. The molecule has 0 aromatic heterocycles. The highest BCUT2D eigenvalue weighted by Gasteiger charge is 2.22. The van der Waals surface area contributed by atoms with Gasteiger partial charge < -0.3 is 10.4 Å². The summed E-state index contributed by atoms with van der Waals surface area (Å²) in [6.07, 6.45) is 0.355. The van der Waals surface area contributed by atoms with Crippen LogP contribution in [0.3, 0.4) is 0 Å². The van der Waals surface area contributed by atoms with Crippen molar-refractivity contribution >= 4 is 33.0 Å². The lowest BCUT2D eigenvalue weighted by Gasteiger charge is -2.15. The summed E-state index contributed by atoms with van der Waals surface area (Å²) >= 11 is 11.7. The molecule has 0 radical (unpaired) electrons. The van der Waals surface area contributed by atoms with Gasteiger partial charge in [0.25, 0.3) is 0 Å². The Bertz CT molecular complexity index is 505. The van der Waals surface area contributed by atoms with E-state index in [2.05, 4.69) is 5.32 Å². The Labute approximate surface area is 117 Å². The topological polar surface area (TPSA) is 66.4 Å². The SMILES string of the molecule is CNC(CCO)CS(=O)(=O)c1cc(Cl)ccc1Cl. The third-order valence-corrected chi connectivity index (χ3v) is 5.06. The van der Waals surface area contributed by atoms with Crippen LogP contribution in [-0.4, -0.2) is 39.0 Å². The summed E-state index contributed by atoms with van der Waals surface area (Å²) in [7, 11) is -1.89. The predicted octanol–water partition coefficient (Wildman–Crippen LogP) is 1.74. The molecule has 0 aliphatic rings. The van der Waals surface area contributed by atoms with Gasteiger partial charge in [0.1, 0.15) is 0 Å². The van der Waals surface area contributed by atoms with E-state index in [-0.39, 0.29) is 28.3 Å². The molecule has 1 rings (SSSR count). The molecule has 7 heteroatoms. The van der Waals surface area contributed by atoms with Crippen molar-refractivity contribution in [2.24, 2.45) is 0 Å². The number of nitrogens with one attached hydrogen (secondary N) is 1. The fourth-order valence-electron chi connectivity index (χ4n) is 1.54. The average Bonchev–Trinajstić information content (AvgIpc) is 2.31. The Morgan fingerprint density at radius 2 is 2.06 bits per heavy atom. The molecule has 0 heterocycles. The summed E-state index contributed by atoms with van der Waals surface area (Å²) in [4.78, 5) is 0.0230. The van der Waals surface area contributed by atoms with Crippen LogP contribution in [0.1, 0.15) is 6.42 Å². The molecular formula is C11H15Cl2NO3S. The lowest BCUT2D eigenvalue weighted by Crippen LogP contribution is -2.34. The van der Waals surface area contributed by atoms with Gasteiger partial charge in [0.05, 0.1) is 15.7 Å². The van der Waals surface area contributed by atoms with E-state index >= 15 is 0 Å². The minimum Gasteiger partial charge on any atom is -0.396 e. The second-order valence-electron chi connectivity index (χ2n) is 3.85. The van der Waals surface area contributed by atoms with E-state index in [1.807, 2.05) is 0 Å². The van der Waals surface area contributed by atoms with E-state index in [0.717, 1.165) is 0 Å². The zero-order valence-corrected chi connectivity index (χ0v) is 12.2. The van der Waals surface area contributed by atoms with Gasteiger partial charge in [0, 0.05) is 17.7 Å². The van der Waals surface area contributed by atoms with Crippen LogP contribution in [0.4, 0.5) is 0 Å². The standard InChI is InChI=1S/C11H15Cl2NO3S/c1-14-9(4-5-15)7-18(16,17)11-6-8(12)2-3-10(11)13/h2-3,6,9,14-15H,4-5,7H2,1H3. The van der Waals surface area contributed by atoms with Crippen LogP contribution in [0, 0.1) is 0 Å². The maximum absolute atomic E-state index is 12.2.